The van der Waals surface area contributed by atoms with Crippen molar-refractivity contribution < 1.29 is 19.0 Å². The Hall–Kier alpha value is -0.870. The van der Waals surface area contributed by atoms with Crippen molar-refractivity contribution in [2.75, 3.05) is 13.2 Å². The minimum Gasteiger partial charge on any atom is -0.462 e. The van der Waals surface area contributed by atoms with E-state index in [0.29, 0.717) is 23.2 Å². The summed E-state index contributed by atoms with van der Waals surface area (Å²) in [6, 6.07) is 0. The van der Waals surface area contributed by atoms with Gasteiger partial charge < -0.3 is 14.2 Å². The third kappa shape index (κ3) is 3.03. The number of carbonyl (C=O) groups is 1. The molecule has 1 saturated heterocycles. The van der Waals surface area contributed by atoms with Gasteiger partial charge in [-0.3, -0.25) is 4.79 Å². The normalized spacial score (nSPS) is 47.1. The fourth-order valence-corrected chi connectivity index (χ4v) is 8.59. The molecule has 0 spiro atoms. The van der Waals surface area contributed by atoms with Crippen LogP contribution in [-0.2, 0) is 19.0 Å². The molecular weight excluding hydrogens is 376 g/mol. The molecule has 3 saturated carbocycles. The summed E-state index contributed by atoms with van der Waals surface area (Å²) in [5.41, 5.74) is 2.20. The quantitative estimate of drug-likeness (QED) is 0.440. The van der Waals surface area contributed by atoms with E-state index in [-0.39, 0.29) is 17.9 Å². The van der Waals surface area contributed by atoms with Crippen molar-refractivity contribution in [1.82, 2.24) is 0 Å². The van der Waals surface area contributed by atoms with Crippen LogP contribution in [0.15, 0.2) is 11.6 Å². The first-order valence-corrected chi connectivity index (χ1v) is 12.5. The second kappa shape index (κ2) is 7.33. The van der Waals surface area contributed by atoms with Crippen LogP contribution in [0.2, 0.25) is 0 Å². The molecule has 0 aromatic carbocycles. The van der Waals surface area contributed by atoms with E-state index in [1.54, 1.807) is 5.57 Å². The molecule has 7 atom stereocenters. The predicted octanol–water partition coefficient (Wildman–Crippen LogP) is 5.65. The van der Waals surface area contributed by atoms with Crippen LogP contribution in [0, 0.1) is 34.5 Å². The first kappa shape index (κ1) is 21.0. The summed E-state index contributed by atoms with van der Waals surface area (Å²) in [6.07, 6.45) is 12.6. The van der Waals surface area contributed by atoms with Gasteiger partial charge in [-0.05, 0) is 80.5 Å². The number of ether oxygens (including phenoxy) is 3. The molecule has 30 heavy (non-hydrogen) atoms. The first-order chi connectivity index (χ1) is 14.3. The summed E-state index contributed by atoms with van der Waals surface area (Å²) < 4.78 is 18.0. The summed E-state index contributed by atoms with van der Waals surface area (Å²) >= 11 is 0. The molecule has 1 aliphatic heterocycles. The molecule has 0 N–H and O–H groups in total. The van der Waals surface area contributed by atoms with Gasteiger partial charge in [-0.25, -0.2) is 0 Å². The van der Waals surface area contributed by atoms with Gasteiger partial charge in [-0.1, -0.05) is 32.4 Å². The smallest absolute Gasteiger partial charge is 0.305 e. The number of allylic oxidation sites excluding steroid dienone is 1. The van der Waals surface area contributed by atoms with Crippen LogP contribution in [0.1, 0.15) is 85.5 Å². The third-order valence-corrected chi connectivity index (χ3v) is 10.1. The van der Waals surface area contributed by atoms with Crippen molar-refractivity contribution in [2.45, 2.75) is 97.4 Å². The van der Waals surface area contributed by atoms with Gasteiger partial charge in [0.05, 0.1) is 13.2 Å². The van der Waals surface area contributed by atoms with Gasteiger partial charge in [-0.2, -0.15) is 0 Å². The molecule has 5 rings (SSSR count). The number of hydrogen-bond acceptors (Lipinski definition) is 4. The van der Waals surface area contributed by atoms with Crippen molar-refractivity contribution >= 4 is 5.97 Å². The van der Waals surface area contributed by atoms with Gasteiger partial charge in [0.2, 0.25) is 0 Å². The lowest BCUT2D eigenvalue weighted by molar-refractivity contribution is -0.214. The molecule has 4 fully saturated rings. The van der Waals surface area contributed by atoms with E-state index in [1.165, 1.54) is 38.5 Å². The summed E-state index contributed by atoms with van der Waals surface area (Å²) in [5.74, 6) is 2.42. The number of fused-ring (bicyclic) bond motifs is 5. The first-order valence-electron chi connectivity index (χ1n) is 12.5. The Balaban J connectivity index is 1.36. The van der Waals surface area contributed by atoms with Crippen molar-refractivity contribution in [3.63, 3.8) is 0 Å². The Morgan fingerprint density at radius 2 is 1.83 bits per heavy atom. The maximum atomic E-state index is 11.8. The van der Waals surface area contributed by atoms with E-state index in [0.717, 1.165) is 43.8 Å². The lowest BCUT2D eigenvalue weighted by Crippen LogP contribution is -2.53. The van der Waals surface area contributed by atoms with Crippen LogP contribution in [0.3, 0.4) is 0 Å². The molecule has 4 aliphatic carbocycles. The summed E-state index contributed by atoms with van der Waals surface area (Å²) in [7, 11) is 0. The summed E-state index contributed by atoms with van der Waals surface area (Å²) in [5, 5.41) is 0. The zero-order valence-electron chi connectivity index (χ0n) is 19.4. The standard InChI is InChI=1S/C26H40O4/c1-5-23(27)30-18-10-12-24(2)17(16-18)6-7-19-20-8-9-22(26(4)28-14-15-29-26)25(20,3)13-11-21(19)24/h6,18-22H,5,7-16H2,1-4H3/t18-,19-,20-,21-,22-,24-,25-/m0/s1. The molecule has 0 amide bonds. The van der Waals surface area contributed by atoms with Crippen LogP contribution in [0.5, 0.6) is 0 Å². The van der Waals surface area contributed by atoms with E-state index in [1.807, 2.05) is 6.92 Å². The highest BCUT2D eigenvalue weighted by atomic mass is 16.7. The highest BCUT2D eigenvalue weighted by Gasteiger charge is 2.62. The number of hydrogen-bond donors (Lipinski definition) is 0. The fourth-order valence-electron chi connectivity index (χ4n) is 8.59. The van der Waals surface area contributed by atoms with Crippen molar-refractivity contribution in [3.05, 3.63) is 11.6 Å². The summed E-state index contributed by atoms with van der Waals surface area (Å²) in [4.78, 5) is 11.8. The highest BCUT2D eigenvalue weighted by Crippen LogP contribution is 2.68. The van der Waals surface area contributed by atoms with E-state index in [2.05, 4.69) is 26.8 Å². The van der Waals surface area contributed by atoms with Crippen LogP contribution < -0.4 is 0 Å². The van der Waals surface area contributed by atoms with Gasteiger partial charge in [0.25, 0.3) is 0 Å². The molecule has 4 nitrogen and oxygen atoms in total. The lowest BCUT2D eigenvalue weighted by atomic mass is 9.47. The monoisotopic (exact) mass is 416 g/mol. The molecule has 1 heterocycles. The topological polar surface area (TPSA) is 44.8 Å². The maximum Gasteiger partial charge on any atom is 0.305 e. The van der Waals surface area contributed by atoms with Crippen molar-refractivity contribution in [3.8, 4) is 0 Å². The number of rotatable bonds is 3. The molecule has 0 unspecified atom stereocenters. The molecule has 4 heteroatoms. The Morgan fingerprint density at radius 3 is 2.57 bits per heavy atom. The van der Waals surface area contributed by atoms with Gasteiger partial charge in [0, 0.05) is 18.8 Å². The van der Waals surface area contributed by atoms with Crippen molar-refractivity contribution in [2.24, 2.45) is 34.5 Å². The Bertz CT molecular complexity index is 723. The second-order valence-electron chi connectivity index (χ2n) is 11.4. The van der Waals surface area contributed by atoms with Gasteiger partial charge in [-0.15, -0.1) is 0 Å². The molecular formula is C26H40O4. The molecule has 0 bridgehead atoms. The molecule has 0 radical (unpaired) electrons. The maximum absolute atomic E-state index is 11.8. The van der Waals surface area contributed by atoms with Crippen LogP contribution in [-0.4, -0.2) is 31.1 Å². The average Bonchev–Trinajstić information content (AvgIpc) is 3.32. The Kier molecular flexibility index (Phi) is 5.13. The third-order valence-electron chi connectivity index (χ3n) is 10.1. The van der Waals surface area contributed by atoms with Crippen LogP contribution in [0.25, 0.3) is 0 Å². The Morgan fingerprint density at radius 1 is 1.07 bits per heavy atom. The lowest BCUT2D eigenvalue weighted by Gasteiger charge is -2.58. The highest BCUT2D eigenvalue weighted by molar-refractivity contribution is 5.69. The predicted molar refractivity (Wildman–Crippen MR) is 116 cm³/mol. The SMILES string of the molecule is CCC(=O)O[C@H]1CC[C@@]2(C)C(=CC[C@H]3[C@@H]4CC[C@H](C5(C)OCCO5)[C@@]4(C)CC[C@@H]32)C1. The van der Waals surface area contributed by atoms with Gasteiger partial charge in [0.15, 0.2) is 5.79 Å². The molecule has 0 aromatic rings. The minimum absolute atomic E-state index is 0.0480. The van der Waals surface area contributed by atoms with Gasteiger partial charge in [0.1, 0.15) is 6.10 Å². The largest absolute Gasteiger partial charge is 0.462 e. The summed E-state index contributed by atoms with van der Waals surface area (Å²) in [6.45, 7) is 10.6. The van der Waals surface area contributed by atoms with E-state index >= 15 is 0 Å². The Labute approximate surface area is 182 Å². The minimum atomic E-state index is -0.378. The fraction of sp³-hybridized carbons (Fsp3) is 0.885. The van der Waals surface area contributed by atoms with E-state index < -0.39 is 0 Å². The van der Waals surface area contributed by atoms with E-state index in [9.17, 15) is 4.79 Å². The number of esters is 1. The molecule has 5 aliphatic rings. The van der Waals surface area contributed by atoms with Crippen LogP contribution in [0.4, 0.5) is 0 Å². The van der Waals surface area contributed by atoms with E-state index in [4.69, 9.17) is 14.2 Å². The average molecular weight is 417 g/mol. The second-order valence-corrected chi connectivity index (χ2v) is 11.4. The zero-order chi connectivity index (χ0) is 21.1. The van der Waals surface area contributed by atoms with Crippen molar-refractivity contribution in [1.29, 1.82) is 0 Å². The molecule has 168 valence electrons. The number of carbonyl (C=O) groups excluding carboxylic acids is 1. The van der Waals surface area contributed by atoms with Gasteiger partial charge >= 0.3 is 5.97 Å². The zero-order valence-corrected chi connectivity index (χ0v) is 19.4. The molecule has 0 aromatic heterocycles. The van der Waals surface area contributed by atoms with Crippen LogP contribution >= 0.6 is 0 Å².